The molecule has 5 heteroatoms. The molecule has 0 aromatic heterocycles. The molecule has 0 aliphatic rings. The van der Waals surface area contributed by atoms with E-state index < -0.39 is 17.5 Å². The standard InChI is InChI=1S/C29H23F3O2/c1-3-16-33-24-13-15-25(27(30)17-24)20-8-11-23(12-9-20)34-18-22-10-14-26(29(32)28(22)31)21-6-4-19(2)5-7-21/h3-15,17H,1,16,18H2,2H3. The smallest absolute Gasteiger partial charge is 0.167 e. The lowest BCUT2D eigenvalue weighted by molar-refractivity contribution is 0.297. The predicted molar refractivity (Wildman–Crippen MR) is 128 cm³/mol. The van der Waals surface area contributed by atoms with E-state index in [-0.39, 0.29) is 17.7 Å². The fraction of sp³-hybridized carbons (Fsp3) is 0.103. The van der Waals surface area contributed by atoms with Crippen LogP contribution in [-0.4, -0.2) is 6.61 Å². The summed E-state index contributed by atoms with van der Waals surface area (Å²) in [5.74, 6) is -1.38. The predicted octanol–water partition coefficient (Wildman–Crippen LogP) is 7.89. The average molecular weight is 460 g/mol. The minimum absolute atomic E-state index is 0.110. The van der Waals surface area contributed by atoms with E-state index in [4.69, 9.17) is 9.47 Å². The van der Waals surface area contributed by atoms with Crippen molar-refractivity contribution >= 4 is 0 Å². The van der Waals surface area contributed by atoms with Crippen molar-refractivity contribution in [2.45, 2.75) is 13.5 Å². The molecule has 0 heterocycles. The Hall–Kier alpha value is -3.99. The summed E-state index contributed by atoms with van der Waals surface area (Å²) in [6.07, 6.45) is 1.59. The number of ether oxygens (including phenoxy) is 2. The zero-order valence-electron chi connectivity index (χ0n) is 18.7. The molecule has 0 atom stereocenters. The van der Waals surface area contributed by atoms with Crippen LogP contribution < -0.4 is 9.47 Å². The molecular formula is C29H23F3O2. The van der Waals surface area contributed by atoms with Gasteiger partial charge in [-0.1, -0.05) is 66.7 Å². The van der Waals surface area contributed by atoms with Crippen molar-refractivity contribution in [2.75, 3.05) is 6.61 Å². The van der Waals surface area contributed by atoms with Gasteiger partial charge in [0.25, 0.3) is 0 Å². The maximum atomic E-state index is 14.7. The van der Waals surface area contributed by atoms with Gasteiger partial charge >= 0.3 is 0 Å². The lowest BCUT2D eigenvalue weighted by Gasteiger charge is -2.11. The Labute approximate surface area is 196 Å². The summed E-state index contributed by atoms with van der Waals surface area (Å²) in [6.45, 7) is 5.65. The van der Waals surface area contributed by atoms with E-state index in [1.165, 1.54) is 12.1 Å². The lowest BCUT2D eigenvalue weighted by Crippen LogP contribution is -2.02. The fourth-order valence-corrected chi connectivity index (χ4v) is 3.52. The topological polar surface area (TPSA) is 18.5 Å². The van der Waals surface area contributed by atoms with Gasteiger partial charge in [-0.2, -0.15) is 0 Å². The molecule has 0 bridgehead atoms. The molecule has 0 saturated carbocycles. The molecule has 172 valence electrons. The number of benzene rings is 4. The van der Waals surface area contributed by atoms with E-state index in [2.05, 4.69) is 6.58 Å². The molecule has 4 aromatic rings. The highest BCUT2D eigenvalue weighted by molar-refractivity contribution is 5.66. The van der Waals surface area contributed by atoms with Crippen LogP contribution in [-0.2, 0) is 6.61 Å². The second-order valence-electron chi connectivity index (χ2n) is 7.82. The van der Waals surface area contributed by atoms with Crippen LogP contribution in [0.5, 0.6) is 11.5 Å². The molecule has 0 fully saturated rings. The number of aryl methyl sites for hydroxylation is 1. The van der Waals surface area contributed by atoms with Crippen molar-refractivity contribution < 1.29 is 22.6 Å². The van der Waals surface area contributed by atoms with Crippen molar-refractivity contribution in [3.05, 3.63) is 120 Å². The average Bonchev–Trinajstić information content (AvgIpc) is 2.85. The normalized spacial score (nSPS) is 10.7. The van der Waals surface area contributed by atoms with Gasteiger partial charge in [-0.05, 0) is 42.3 Å². The summed E-state index contributed by atoms with van der Waals surface area (Å²) in [5, 5.41) is 0. The first-order valence-corrected chi connectivity index (χ1v) is 10.8. The van der Waals surface area contributed by atoms with Crippen molar-refractivity contribution in [3.8, 4) is 33.8 Å². The molecule has 2 nitrogen and oxygen atoms in total. The zero-order valence-corrected chi connectivity index (χ0v) is 18.7. The van der Waals surface area contributed by atoms with Crippen LogP contribution >= 0.6 is 0 Å². The third kappa shape index (κ3) is 5.15. The largest absolute Gasteiger partial charge is 0.489 e. The monoisotopic (exact) mass is 460 g/mol. The van der Waals surface area contributed by atoms with Crippen LogP contribution in [0, 0.1) is 24.4 Å². The van der Waals surface area contributed by atoms with Crippen LogP contribution in [0.25, 0.3) is 22.3 Å². The van der Waals surface area contributed by atoms with Crippen LogP contribution in [0.2, 0.25) is 0 Å². The van der Waals surface area contributed by atoms with Gasteiger partial charge in [-0.15, -0.1) is 0 Å². The molecule has 4 rings (SSSR count). The molecule has 34 heavy (non-hydrogen) atoms. The quantitative estimate of drug-likeness (QED) is 0.249. The minimum atomic E-state index is -0.935. The molecule has 0 amide bonds. The minimum Gasteiger partial charge on any atom is -0.489 e. The molecule has 0 spiro atoms. The van der Waals surface area contributed by atoms with Gasteiger partial charge in [0.05, 0.1) is 0 Å². The first-order chi connectivity index (χ1) is 16.5. The van der Waals surface area contributed by atoms with Gasteiger partial charge in [-0.3, -0.25) is 0 Å². The first-order valence-electron chi connectivity index (χ1n) is 10.8. The van der Waals surface area contributed by atoms with Gasteiger partial charge < -0.3 is 9.47 Å². The Morgan fingerprint density at radius 3 is 2.00 bits per heavy atom. The first kappa shape index (κ1) is 23.2. The van der Waals surface area contributed by atoms with Gasteiger partial charge in [0.1, 0.15) is 30.5 Å². The lowest BCUT2D eigenvalue weighted by atomic mass is 10.0. The molecular weight excluding hydrogens is 437 g/mol. The van der Waals surface area contributed by atoms with Crippen molar-refractivity contribution in [2.24, 2.45) is 0 Å². The maximum Gasteiger partial charge on any atom is 0.167 e. The Kier molecular flexibility index (Phi) is 7.02. The maximum absolute atomic E-state index is 14.7. The van der Waals surface area contributed by atoms with Gasteiger partial charge in [0.2, 0.25) is 0 Å². The second kappa shape index (κ2) is 10.3. The summed E-state index contributed by atoms with van der Waals surface area (Å²) in [6, 6.07) is 21.7. The summed E-state index contributed by atoms with van der Waals surface area (Å²) >= 11 is 0. The van der Waals surface area contributed by atoms with Gasteiger partial charge in [0, 0.05) is 22.8 Å². The number of hydrogen-bond acceptors (Lipinski definition) is 2. The van der Waals surface area contributed by atoms with E-state index in [0.29, 0.717) is 34.8 Å². The molecule has 0 unspecified atom stereocenters. The Morgan fingerprint density at radius 1 is 0.706 bits per heavy atom. The third-order valence-electron chi connectivity index (χ3n) is 5.39. The van der Waals surface area contributed by atoms with Crippen LogP contribution in [0.15, 0.2) is 91.5 Å². The molecule has 0 radical (unpaired) electrons. The summed E-state index contributed by atoms with van der Waals surface area (Å²) in [4.78, 5) is 0. The van der Waals surface area contributed by atoms with Gasteiger partial charge in [0.15, 0.2) is 11.6 Å². The van der Waals surface area contributed by atoms with E-state index in [0.717, 1.165) is 5.56 Å². The van der Waals surface area contributed by atoms with Gasteiger partial charge in [-0.25, -0.2) is 13.2 Å². The number of halogens is 3. The molecule has 4 aromatic carbocycles. The molecule has 0 N–H and O–H groups in total. The summed E-state index contributed by atoms with van der Waals surface area (Å²) in [5.41, 5.74) is 3.03. The number of hydrogen-bond donors (Lipinski definition) is 0. The highest BCUT2D eigenvalue weighted by Crippen LogP contribution is 2.30. The van der Waals surface area contributed by atoms with Crippen LogP contribution in [0.1, 0.15) is 11.1 Å². The highest BCUT2D eigenvalue weighted by Gasteiger charge is 2.15. The molecule has 0 saturated heterocycles. The Balaban J connectivity index is 1.45. The number of rotatable bonds is 8. The Morgan fingerprint density at radius 2 is 1.32 bits per heavy atom. The fourth-order valence-electron chi connectivity index (χ4n) is 3.52. The van der Waals surface area contributed by atoms with Crippen molar-refractivity contribution in [1.29, 1.82) is 0 Å². The van der Waals surface area contributed by atoms with E-state index in [9.17, 15) is 13.2 Å². The van der Waals surface area contributed by atoms with Crippen molar-refractivity contribution in [1.82, 2.24) is 0 Å². The SMILES string of the molecule is C=CCOc1ccc(-c2ccc(OCc3ccc(-c4ccc(C)cc4)c(F)c3F)cc2)c(F)c1. The van der Waals surface area contributed by atoms with E-state index >= 15 is 0 Å². The summed E-state index contributed by atoms with van der Waals surface area (Å²) < 4.78 is 54.8. The van der Waals surface area contributed by atoms with E-state index in [1.807, 2.05) is 19.1 Å². The van der Waals surface area contributed by atoms with Crippen LogP contribution in [0.4, 0.5) is 13.2 Å². The second-order valence-corrected chi connectivity index (χ2v) is 7.82. The summed E-state index contributed by atoms with van der Waals surface area (Å²) in [7, 11) is 0. The van der Waals surface area contributed by atoms with E-state index in [1.54, 1.807) is 60.7 Å². The van der Waals surface area contributed by atoms with Crippen LogP contribution in [0.3, 0.4) is 0 Å². The highest BCUT2D eigenvalue weighted by atomic mass is 19.2. The molecule has 0 aliphatic heterocycles. The Bertz CT molecular complexity index is 1300. The van der Waals surface area contributed by atoms with Crippen molar-refractivity contribution in [3.63, 3.8) is 0 Å². The zero-order chi connectivity index (χ0) is 24.1. The third-order valence-corrected chi connectivity index (χ3v) is 5.39. The molecule has 0 aliphatic carbocycles.